The maximum Gasteiger partial charge on any atom is 0.0230 e. The Labute approximate surface area is 82.5 Å². The molecule has 12 heavy (non-hydrogen) atoms. The van der Waals surface area contributed by atoms with E-state index < -0.39 is 0 Å². The summed E-state index contributed by atoms with van der Waals surface area (Å²) in [6.45, 7) is 3.15. The fraction of sp³-hybridized carbons (Fsp3) is 0.400. The maximum absolute atomic E-state index is 3.47. The second kappa shape index (κ2) is 4.06. The van der Waals surface area contributed by atoms with Crippen molar-refractivity contribution < 1.29 is 0 Å². The van der Waals surface area contributed by atoms with E-state index in [9.17, 15) is 0 Å². The van der Waals surface area contributed by atoms with Crippen LogP contribution >= 0.6 is 15.9 Å². The molecule has 0 heterocycles. The summed E-state index contributed by atoms with van der Waals surface area (Å²) in [5.74, 6) is 0. The van der Waals surface area contributed by atoms with Crippen LogP contribution in [0.4, 0.5) is 0 Å². The van der Waals surface area contributed by atoms with Gasteiger partial charge >= 0.3 is 0 Å². The highest BCUT2D eigenvalue weighted by atomic mass is 79.9. The summed E-state index contributed by atoms with van der Waals surface area (Å²) in [5.41, 5.74) is 2.74. The molecule has 0 saturated carbocycles. The normalized spacial score (nSPS) is 10.8. The van der Waals surface area contributed by atoms with Gasteiger partial charge in [-0.05, 0) is 44.3 Å². The van der Waals surface area contributed by atoms with Gasteiger partial charge < -0.3 is 4.90 Å². The van der Waals surface area contributed by atoms with Crippen LogP contribution in [-0.4, -0.2) is 19.0 Å². The monoisotopic (exact) mass is 227 g/mol. The van der Waals surface area contributed by atoms with Gasteiger partial charge in [-0.1, -0.05) is 22.0 Å². The van der Waals surface area contributed by atoms with Crippen molar-refractivity contribution in [3.63, 3.8) is 0 Å². The van der Waals surface area contributed by atoms with Crippen molar-refractivity contribution in [3.8, 4) is 0 Å². The Bertz CT molecular complexity index is 269. The topological polar surface area (TPSA) is 3.24 Å². The van der Waals surface area contributed by atoms with Crippen molar-refractivity contribution in [2.75, 3.05) is 14.1 Å². The van der Waals surface area contributed by atoms with E-state index in [1.165, 1.54) is 11.1 Å². The number of rotatable bonds is 2. The van der Waals surface area contributed by atoms with Crippen LogP contribution < -0.4 is 0 Å². The van der Waals surface area contributed by atoms with Gasteiger partial charge in [-0.15, -0.1) is 0 Å². The number of benzene rings is 1. The largest absolute Gasteiger partial charge is 0.305 e. The van der Waals surface area contributed by atoms with Crippen molar-refractivity contribution in [1.82, 2.24) is 4.90 Å². The molecule has 1 aromatic rings. The van der Waals surface area contributed by atoms with Gasteiger partial charge in [0, 0.05) is 11.0 Å². The lowest BCUT2D eigenvalue weighted by atomic mass is 10.1. The van der Waals surface area contributed by atoms with E-state index in [-0.39, 0.29) is 0 Å². The Morgan fingerprint density at radius 2 is 2.00 bits per heavy atom. The molecule has 0 aliphatic carbocycles. The molecule has 0 saturated heterocycles. The fourth-order valence-corrected chi connectivity index (χ4v) is 1.56. The van der Waals surface area contributed by atoms with Crippen molar-refractivity contribution in [1.29, 1.82) is 0 Å². The summed E-state index contributed by atoms with van der Waals surface area (Å²) in [4.78, 5) is 2.18. The van der Waals surface area contributed by atoms with E-state index in [0.717, 1.165) is 11.0 Å². The second-order valence-electron chi connectivity index (χ2n) is 3.31. The van der Waals surface area contributed by atoms with Crippen LogP contribution in [0.1, 0.15) is 11.1 Å². The summed E-state index contributed by atoms with van der Waals surface area (Å²) in [6.07, 6.45) is 0. The zero-order valence-electron chi connectivity index (χ0n) is 7.76. The van der Waals surface area contributed by atoms with Gasteiger partial charge in [0.05, 0.1) is 0 Å². The third-order valence-electron chi connectivity index (χ3n) is 1.80. The van der Waals surface area contributed by atoms with E-state index in [0.29, 0.717) is 0 Å². The molecule has 1 aromatic carbocycles. The van der Waals surface area contributed by atoms with E-state index in [2.05, 4.69) is 60.0 Å². The minimum Gasteiger partial charge on any atom is -0.305 e. The molecule has 0 amide bonds. The van der Waals surface area contributed by atoms with Crippen molar-refractivity contribution in [2.45, 2.75) is 13.5 Å². The van der Waals surface area contributed by atoms with E-state index in [1.807, 2.05) is 0 Å². The molecule has 0 aromatic heterocycles. The van der Waals surface area contributed by atoms with E-state index in [4.69, 9.17) is 0 Å². The molecule has 0 radical (unpaired) electrons. The van der Waals surface area contributed by atoms with Crippen molar-refractivity contribution >= 4 is 15.9 Å². The Balaban J connectivity index is 2.90. The quantitative estimate of drug-likeness (QED) is 0.752. The van der Waals surface area contributed by atoms with E-state index in [1.54, 1.807) is 0 Å². The Hall–Kier alpha value is -0.340. The molecule has 0 aliphatic heterocycles. The van der Waals surface area contributed by atoms with Crippen LogP contribution in [0.25, 0.3) is 0 Å². The molecule has 0 bridgehead atoms. The molecule has 66 valence electrons. The first-order valence-electron chi connectivity index (χ1n) is 3.99. The first-order valence-corrected chi connectivity index (χ1v) is 4.78. The van der Waals surface area contributed by atoms with Gasteiger partial charge in [0.25, 0.3) is 0 Å². The van der Waals surface area contributed by atoms with Gasteiger partial charge in [0.15, 0.2) is 0 Å². The highest BCUT2D eigenvalue weighted by Crippen LogP contribution is 2.16. The molecular formula is C10H14BrN. The number of aryl methyl sites for hydroxylation is 1. The molecule has 0 spiro atoms. The summed E-state index contributed by atoms with van der Waals surface area (Å²) in [5, 5.41) is 0. The van der Waals surface area contributed by atoms with Crippen LogP contribution in [0, 0.1) is 6.92 Å². The number of nitrogens with zero attached hydrogens (tertiary/aromatic N) is 1. The highest BCUT2D eigenvalue weighted by Gasteiger charge is 1.99. The minimum absolute atomic E-state index is 1.01. The van der Waals surface area contributed by atoms with Crippen LogP contribution in [0.3, 0.4) is 0 Å². The lowest BCUT2D eigenvalue weighted by Gasteiger charge is -2.12. The SMILES string of the molecule is Cc1ccc(Br)cc1CN(C)C. The zero-order chi connectivity index (χ0) is 9.14. The smallest absolute Gasteiger partial charge is 0.0230 e. The summed E-state index contributed by atoms with van der Waals surface area (Å²) in [7, 11) is 4.17. The van der Waals surface area contributed by atoms with Crippen LogP contribution in [-0.2, 0) is 6.54 Å². The highest BCUT2D eigenvalue weighted by molar-refractivity contribution is 9.10. The average Bonchev–Trinajstić information content (AvgIpc) is 1.96. The Morgan fingerprint density at radius 1 is 1.33 bits per heavy atom. The Morgan fingerprint density at radius 3 is 2.58 bits per heavy atom. The number of hydrogen-bond acceptors (Lipinski definition) is 1. The minimum atomic E-state index is 1.01. The van der Waals surface area contributed by atoms with Gasteiger partial charge in [0.2, 0.25) is 0 Å². The number of hydrogen-bond donors (Lipinski definition) is 0. The van der Waals surface area contributed by atoms with E-state index >= 15 is 0 Å². The first-order chi connectivity index (χ1) is 5.59. The standard InChI is InChI=1S/C10H14BrN/c1-8-4-5-10(11)6-9(8)7-12(2)3/h4-6H,7H2,1-3H3. The maximum atomic E-state index is 3.47. The van der Waals surface area contributed by atoms with Gasteiger partial charge in [-0.25, -0.2) is 0 Å². The van der Waals surface area contributed by atoms with Crippen molar-refractivity contribution in [2.24, 2.45) is 0 Å². The number of halogens is 1. The molecule has 0 aliphatic rings. The molecule has 2 heteroatoms. The molecule has 0 unspecified atom stereocenters. The third kappa shape index (κ3) is 2.61. The zero-order valence-corrected chi connectivity index (χ0v) is 9.35. The predicted octanol–water partition coefficient (Wildman–Crippen LogP) is 2.82. The van der Waals surface area contributed by atoms with Crippen LogP contribution in [0.15, 0.2) is 22.7 Å². The lowest BCUT2D eigenvalue weighted by molar-refractivity contribution is 0.401. The fourth-order valence-electron chi connectivity index (χ4n) is 1.15. The molecule has 0 fully saturated rings. The molecular weight excluding hydrogens is 214 g/mol. The molecule has 0 atom stereocenters. The molecule has 0 N–H and O–H groups in total. The second-order valence-corrected chi connectivity index (χ2v) is 4.22. The summed E-state index contributed by atoms with van der Waals surface area (Å²) < 4.78 is 1.16. The summed E-state index contributed by atoms with van der Waals surface area (Å²) >= 11 is 3.47. The van der Waals surface area contributed by atoms with Crippen LogP contribution in [0.2, 0.25) is 0 Å². The van der Waals surface area contributed by atoms with Crippen molar-refractivity contribution in [3.05, 3.63) is 33.8 Å². The third-order valence-corrected chi connectivity index (χ3v) is 2.29. The van der Waals surface area contributed by atoms with Gasteiger partial charge in [-0.3, -0.25) is 0 Å². The molecule has 1 nitrogen and oxygen atoms in total. The van der Waals surface area contributed by atoms with Gasteiger partial charge in [-0.2, -0.15) is 0 Å². The lowest BCUT2D eigenvalue weighted by Crippen LogP contribution is -2.11. The first kappa shape index (κ1) is 9.75. The Kier molecular flexibility index (Phi) is 3.29. The average molecular weight is 228 g/mol. The predicted molar refractivity (Wildman–Crippen MR) is 56.3 cm³/mol. The van der Waals surface area contributed by atoms with Crippen LogP contribution in [0.5, 0.6) is 0 Å². The van der Waals surface area contributed by atoms with Gasteiger partial charge in [0.1, 0.15) is 0 Å². The summed E-state index contributed by atoms with van der Waals surface area (Å²) in [6, 6.07) is 6.40. The molecule has 1 rings (SSSR count).